The molecular formula is C18H23Cl2N5O. The molecule has 2 amide bonds. The molecule has 1 aliphatic rings. The van der Waals surface area contributed by atoms with Gasteiger partial charge in [0.05, 0.1) is 21.4 Å². The highest BCUT2D eigenvalue weighted by atomic mass is 35.5. The molecule has 0 unspecified atom stereocenters. The Morgan fingerprint density at radius 3 is 2.50 bits per heavy atom. The number of benzene rings is 1. The summed E-state index contributed by atoms with van der Waals surface area (Å²) in [6, 6.07) is 5.06. The van der Waals surface area contributed by atoms with Gasteiger partial charge in [0, 0.05) is 51.0 Å². The summed E-state index contributed by atoms with van der Waals surface area (Å²) in [4.78, 5) is 16.6. The van der Waals surface area contributed by atoms with E-state index in [-0.39, 0.29) is 6.03 Å². The minimum Gasteiger partial charge on any atom is -0.322 e. The highest BCUT2D eigenvalue weighted by Crippen LogP contribution is 2.29. The third-order valence-corrected chi connectivity index (χ3v) is 5.71. The van der Waals surface area contributed by atoms with E-state index >= 15 is 0 Å². The van der Waals surface area contributed by atoms with Gasteiger partial charge in [-0.05, 0) is 26.0 Å². The molecule has 1 aromatic heterocycles. The van der Waals surface area contributed by atoms with Gasteiger partial charge in [-0.15, -0.1) is 0 Å². The van der Waals surface area contributed by atoms with Crippen LogP contribution in [0.1, 0.15) is 17.0 Å². The van der Waals surface area contributed by atoms with Crippen LogP contribution in [0.3, 0.4) is 0 Å². The lowest BCUT2D eigenvalue weighted by atomic mass is 10.1. The predicted octanol–water partition coefficient (Wildman–Crippen LogP) is 3.69. The number of carbonyl (C=O) groups excluding carboxylic acids is 1. The second-order valence-corrected chi connectivity index (χ2v) is 7.35. The molecule has 0 radical (unpaired) electrons. The molecule has 1 fully saturated rings. The number of halogens is 2. The summed E-state index contributed by atoms with van der Waals surface area (Å²) in [7, 11) is 1.97. The van der Waals surface area contributed by atoms with Crippen molar-refractivity contribution in [1.29, 1.82) is 0 Å². The van der Waals surface area contributed by atoms with Crippen molar-refractivity contribution in [2.75, 3.05) is 31.5 Å². The van der Waals surface area contributed by atoms with Crippen LogP contribution in [0.25, 0.3) is 0 Å². The number of hydrogen-bond acceptors (Lipinski definition) is 3. The fourth-order valence-electron chi connectivity index (χ4n) is 3.17. The summed E-state index contributed by atoms with van der Waals surface area (Å²) in [5.74, 6) is 0. The lowest BCUT2D eigenvalue weighted by molar-refractivity contribution is 0.142. The monoisotopic (exact) mass is 395 g/mol. The predicted molar refractivity (Wildman–Crippen MR) is 105 cm³/mol. The Balaban J connectivity index is 1.56. The van der Waals surface area contributed by atoms with Gasteiger partial charge in [0.2, 0.25) is 0 Å². The molecule has 1 saturated heterocycles. The Labute approximate surface area is 163 Å². The van der Waals surface area contributed by atoms with Gasteiger partial charge >= 0.3 is 6.03 Å². The molecule has 0 saturated carbocycles. The molecule has 3 rings (SSSR count). The van der Waals surface area contributed by atoms with Crippen LogP contribution in [0.5, 0.6) is 0 Å². The lowest BCUT2D eigenvalue weighted by Gasteiger charge is -2.34. The van der Waals surface area contributed by atoms with Gasteiger partial charge in [-0.1, -0.05) is 29.3 Å². The van der Waals surface area contributed by atoms with Crippen molar-refractivity contribution in [2.45, 2.75) is 20.4 Å². The zero-order valence-electron chi connectivity index (χ0n) is 15.2. The van der Waals surface area contributed by atoms with Crippen LogP contribution >= 0.6 is 23.2 Å². The summed E-state index contributed by atoms with van der Waals surface area (Å²) in [5.41, 5.74) is 4.07. The number of nitrogens with one attached hydrogen (secondary N) is 1. The topological polar surface area (TPSA) is 53.4 Å². The highest BCUT2D eigenvalue weighted by Gasteiger charge is 2.23. The number of amides is 2. The Morgan fingerprint density at radius 1 is 1.19 bits per heavy atom. The maximum Gasteiger partial charge on any atom is 0.321 e. The molecule has 2 heterocycles. The smallest absolute Gasteiger partial charge is 0.321 e. The molecule has 140 valence electrons. The molecule has 1 N–H and O–H groups in total. The van der Waals surface area contributed by atoms with Crippen molar-refractivity contribution in [3.8, 4) is 0 Å². The van der Waals surface area contributed by atoms with Crippen LogP contribution in [0.4, 0.5) is 10.5 Å². The third-order valence-electron chi connectivity index (χ3n) is 4.89. The van der Waals surface area contributed by atoms with E-state index < -0.39 is 0 Å². The van der Waals surface area contributed by atoms with Crippen molar-refractivity contribution in [3.05, 3.63) is 45.2 Å². The molecule has 1 aliphatic heterocycles. The summed E-state index contributed by atoms with van der Waals surface area (Å²) in [5, 5.41) is 8.11. The van der Waals surface area contributed by atoms with Crippen molar-refractivity contribution in [1.82, 2.24) is 19.6 Å². The van der Waals surface area contributed by atoms with Gasteiger partial charge in [0.25, 0.3) is 0 Å². The fraction of sp³-hybridized carbons (Fsp3) is 0.444. The second-order valence-electron chi connectivity index (χ2n) is 6.57. The lowest BCUT2D eigenvalue weighted by Crippen LogP contribution is -2.49. The van der Waals surface area contributed by atoms with Crippen LogP contribution in [0, 0.1) is 13.8 Å². The largest absolute Gasteiger partial charge is 0.322 e. The van der Waals surface area contributed by atoms with Crippen molar-refractivity contribution >= 4 is 34.9 Å². The van der Waals surface area contributed by atoms with Crippen LogP contribution in [-0.4, -0.2) is 51.8 Å². The average molecular weight is 396 g/mol. The first-order valence-electron chi connectivity index (χ1n) is 8.58. The molecule has 8 heteroatoms. The van der Waals surface area contributed by atoms with E-state index in [0.717, 1.165) is 25.3 Å². The number of aryl methyl sites for hydroxylation is 2. The molecule has 0 spiro atoms. The number of urea groups is 1. The number of aromatic nitrogens is 2. The molecule has 26 heavy (non-hydrogen) atoms. The average Bonchev–Trinajstić information content (AvgIpc) is 2.86. The van der Waals surface area contributed by atoms with Crippen molar-refractivity contribution < 1.29 is 4.79 Å². The quantitative estimate of drug-likeness (QED) is 0.861. The summed E-state index contributed by atoms with van der Waals surface area (Å²) in [6.07, 6.45) is 0. The molecule has 0 bridgehead atoms. The van der Waals surface area contributed by atoms with E-state index in [1.54, 1.807) is 23.1 Å². The molecule has 0 atom stereocenters. The number of anilines is 1. The molecule has 6 nitrogen and oxygen atoms in total. The van der Waals surface area contributed by atoms with Crippen molar-refractivity contribution in [2.24, 2.45) is 7.05 Å². The van der Waals surface area contributed by atoms with E-state index in [1.165, 1.54) is 11.3 Å². The number of rotatable bonds is 3. The second kappa shape index (κ2) is 7.86. The van der Waals surface area contributed by atoms with Crippen LogP contribution in [0.15, 0.2) is 18.2 Å². The van der Waals surface area contributed by atoms with Gasteiger partial charge < -0.3 is 10.2 Å². The molecule has 2 aromatic rings. The van der Waals surface area contributed by atoms with Crippen molar-refractivity contribution in [3.63, 3.8) is 0 Å². The third kappa shape index (κ3) is 3.98. The van der Waals surface area contributed by atoms with E-state index in [4.69, 9.17) is 23.2 Å². The van der Waals surface area contributed by atoms with E-state index in [9.17, 15) is 4.79 Å². The fourth-order valence-corrected chi connectivity index (χ4v) is 3.52. The Morgan fingerprint density at radius 2 is 1.88 bits per heavy atom. The number of nitrogens with zero attached hydrogens (tertiary/aromatic N) is 4. The zero-order valence-corrected chi connectivity index (χ0v) is 16.7. The number of carbonyl (C=O) groups is 1. The number of hydrogen-bond donors (Lipinski definition) is 1. The highest BCUT2D eigenvalue weighted by molar-refractivity contribution is 6.43. The van der Waals surface area contributed by atoms with Gasteiger partial charge in [0.15, 0.2) is 0 Å². The van der Waals surface area contributed by atoms with Crippen LogP contribution in [-0.2, 0) is 13.6 Å². The first kappa shape index (κ1) is 19.0. The summed E-state index contributed by atoms with van der Waals surface area (Å²) < 4.78 is 1.92. The van der Waals surface area contributed by atoms with Gasteiger partial charge in [-0.25, -0.2) is 4.79 Å². The van der Waals surface area contributed by atoms with E-state index in [0.29, 0.717) is 28.8 Å². The normalized spacial score (nSPS) is 15.3. The summed E-state index contributed by atoms with van der Waals surface area (Å²) in [6.45, 7) is 7.98. The Kier molecular flexibility index (Phi) is 5.75. The Bertz CT molecular complexity index is 812. The molecular weight excluding hydrogens is 373 g/mol. The zero-order chi connectivity index (χ0) is 18.8. The molecule has 1 aromatic carbocycles. The SMILES string of the molecule is Cc1nn(C)c(C)c1CN1CCN(C(=O)Nc2cccc(Cl)c2Cl)CC1. The Hall–Kier alpha value is -1.76. The van der Waals surface area contributed by atoms with Crippen LogP contribution < -0.4 is 5.32 Å². The number of piperazine rings is 1. The minimum atomic E-state index is -0.150. The van der Waals surface area contributed by atoms with Gasteiger partial charge in [0.1, 0.15) is 0 Å². The summed E-state index contributed by atoms with van der Waals surface area (Å²) >= 11 is 12.1. The first-order valence-corrected chi connectivity index (χ1v) is 9.33. The van der Waals surface area contributed by atoms with E-state index in [2.05, 4.69) is 22.2 Å². The van der Waals surface area contributed by atoms with Crippen LogP contribution in [0.2, 0.25) is 10.0 Å². The van der Waals surface area contributed by atoms with Gasteiger partial charge in [-0.2, -0.15) is 5.10 Å². The first-order chi connectivity index (χ1) is 12.4. The minimum absolute atomic E-state index is 0.150. The maximum absolute atomic E-state index is 12.5. The maximum atomic E-state index is 12.5. The standard InChI is InChI=1S/C18H23Cl2N5O/c1-12-14(13(2)23(3)22-12)11-24-7-9-25(10-8-24)18(26)21-16-6-4-5-15(19)17(16)20/h4-6H,7-11H2,1-3H3,(H,21,26). The van der Waals surface area contributed by atoms with E-state index in [1.807, 2.05) is 18.7 Å². The molecule has 0 aliphatic carbocycles. The van der Waals surface area contributed by atoms with Gasteiger partial charge in [-0.3, -0.25) is 9.58 Å².